The molecule has 0 aromatic heterocycles. The fourth-order valence-corrected chi connectivity index (χ4v) is 2.69. The average Bonchev–Trinajstić information content (AvgIpc) is 2.60. The van der Waals surface area contributed by atoms with Crippen LogP contribution in [0.3, 0.4) is 0 Å². The first-order valence-electron chi connectivity index (χ1n) is 10.3. The summed E-state index contributed by atoms with van der Waals surface area (Å²) >= 11 is 0. The number of allylic oxidation sites excluding steroid dienone is 2. The molecule has 0 aliphatic carbocycles. The summed E-state index contributed by atoms with van der Waals surface area (Å²) in [5.41, 5.74) is 0. The number of hydrogen-bond donors (Lipinski definition) is 0. The molecule has 0 saturated carbocycles. The van der Waals surface area contributed by atoms with Gasteiger partial charge in [0.25, 0.3) is 0 Å². The van der Waals surface area contributed by atoms with Crippen LogP contribution < -0.4 is 0 Å². The first kappa shape index (κ1) is 23.4. The number of ether oxygens (including phenoxy) is 2. The molecule has 0 aliphatic rings. The van der Waals surface area contributed by atoms with E-state index >= 15 is 0 Å². The number of unbranched alkanes of at least 4 members (excludes halogenated alkanes) is 10. The molecule has 2 heteroatoms. The minimum atomic E-state index is 0.276. The van der Waals surface area contributed by atoms with Gasteiger partial charge in [0.05, 0.1) is 12.7 Å². The second kappa shape index (κ2) is 20.4. The monoisotopic (exact) mass is 338 g/mol. The second-order valence-corrected chi connectivity index (χ2v) is 6.67. The van der Waals surface area contributed by atoms with Crippen molar-refractivity contribution < 1.29 is 9.47 Å². The first-order chi connectivity index (χ1) is 11.8. The Morgan fingerprint density at radius 3 is 1.75 bits per heavy atom. The summed E-state index contributed by atoms with van der Waals surface area (Å²) in [6, 6.07) is 0. The Morgan fingerprint density at radius 2 is 1.21 bits per heavy atom. The van der Waals surface area contributed by atoms with Gasteiger partial charge in [-0.05, 0) is 44.9 Å². The second-order valence-electron chi connectivity index (χ2n) is 6.67. The summed E-state index contributed by atoms with van der Waals surface area (Å²) in [5.74, 6) is 0. The van der Waals surface area contributed by atoms with E-state index in [2.05, 4.69) is 20.1 Å². The number of rotatable bonds is 20. The normalized spacial score (nSPS) is 12.2. The quantitative estimate of drug-likeness (QED) is 0.178. The lowest BCUT2D eigenvalue weighted by molar-refractivity contribution is -0.0200. The molecule has 142 valence electrons. The van der Waals surface area contributed by atoms with Gasteiger partial charge in [0.15, 0.2) is 0 Å². The van der Waals surface area contributed by atoms with Crippen molar-refractivity contribution in [1.29, 1.82) is 0 Å². The lowest BCUT2D eigenvalue weighted by Crippen LogP contribution is -2.20. The molecule has 0 aromatic carbocycles. The Bertz CT molecular complexity index is 263. The van der Waals surface area contributed by atoms with Gasteiger partial charge in [0.2, 0.25) is 0 Å². The molecule has 0 aliphatic heterocycles. The Kier molecular flexibility index (Phi) is 19.9. The minimum Gasteiger partial charge on any atom is -0.379 e. The minimum absolute atomic E-state index is 0.276. The van der Waals surface area contributed by atoms with E-state index in [0.29, 0.717) is 0 Å². The topological polar surface area (TPSA) is 18.5 Å². The van der Waals surface area contributed by atoms with E-state index in [4.69, 9.17) is 9.47 Å². The Balaban J connectivity index is 3.31. The molecular weight excluding hydrogens is 296 g/mol. The van der Waals surface area contributed by atoms with Crippen LogP contribution in [0, 0.1) is 0 Å². The SMILES string of the molecule is C=CCCCCCCCOCC(CC)OCCCCCCCC=C. The van der Waals surface area contributed by atoms with E-state index in [1.807, 2.05) is 12.2 Å². The van der Waals surface area contributed by atoms with E-state index in [0.717, 1.165) is 39.1 Å². The van der Waals surface area contributed by atoms with Gasteiger partial charge < -0.3 is 9.47 Å². The fraction of sp³-hybridized carbons (Fsp3) is 0.818. The molecule has 0 fully saturated rings. The van der Waals surface area contributed by atoms with Crippen molar-refractivity contribution in [2.24, 2.45) is 0 Å². The van der Waals surface area contributed by atoms with Crippen molar-refractivity contribution in [3.05, 3.63) is 25.3 Å². The lowest BCUT2D eigenvalue weighted by Gasteiger charge is -2.16. The van der Waals surface area contributed by atoms with Crippen LogP contribution in [0.5, 0.6) is 0 Å². The van der Waals surface area contributed by atoms with E-state index in [-0.39, 0.29) is 6.10 Å². The van der Waals surface area contributed by atoms with Crippen LogP contribution in [0.15, 0.2) is 25.3 Å². The molecule has 0 amide bonds. The third-order valence-corrected chi connectivity index (χ3v) is 4.36. The third kappa shape index (κ3) is 17.7. The Morgan fingerprint density at radius 1 is 0.708 bits per heavy atom. The highest BCUT2D eigenvalue weighted by molar-refractivity contribution is 4.66. The Hall–Kier alpha value is -0.600. The highest BCUT2D eigenvalue weighted by Crippen LogP contribution is 2.08. The van der Waals surface area contributed by atoms with Crippen LogP contribution in [-0.4, -0.2) is 25.9 Å². The van der Waals surface area contributed by atoms with Crippen molar-refractivity contribution in [3.8, 4) is 0 Å². The molecule has 1 atom stereocenters. The van der Waals surface area contributed by atoms with Gasteiger partial charge >= 0.3 is 0 Å². The standard InChI is InChI=1S/C22H42O2/c1-4-7-9-11-13-15-17-19-23-21-22(6-3)24-20-18-16-14-12-10-8-5-2/h4-5,22H,1-2,6-21H2,3H3. The Labute approximate surface area is 151 Å². The molecule has 0 heterocycles. The van der Waals surface area contributed by atoms with Crippen LogP contribution in [-0.2, 0) is 9.47 Å². The molecule has 0 saturated heterocycles. The average molecular weight is 339 g/mol. The summed E-state index contributed by atoms with van der Waals surface area (Å²) in [5, 5.41) is 0. The van der Waals surface area contributed by atoms with Crippen molar-refractivity contribution >= 4 is 0 Å². The zero-order valence-electron chi connectivity index (χ0n) is 16.3. The van der Waals surface area contributed by atoms with E-state index in [9.17, 15) is 0 Å². The van der Waals surface area contributed by atoms with E-state index in [1.54, 1.807) is 0 Å². The van der Waals surface area contributed by atoms with Crippen LogP contribution in [0.25, 0.3) is 0 Å². The maximum Gasteiger partial charge on any atom is 0.0805 e. The zero-order chi connectivity index (χ0) is 17.7. The maximum atomic E-state index is 5.94. The van der Waals surface area contributed by atoms with Gasteiger partial charge in [0, 0.05) is 13.2 Å². The molecular formula is C22H42O2. The molecule has 2 nitrogen and oxygen atoms in total. The van der Waals surface area contributed by atoms with Gasteiger partial charge in [-0.1, -0.05) is 57.6 Å². The highest BCUT2D eigenvalue weighted by atomic mass is 16.5. The molecule has 1 unspecified atom stereocenters. The fourth-order valence-electron chi connectivity index (χ4n) is 2.69. The molecule has 0 spiro atoms. The first-order valence-corrected chi connectivity index (χ1v) is 10.3. The summed E-state index contributed by atoms with van der Waals surface area (Å²) < 4.78 is 11.7. The maximum absolute atomic E-state index is 5.94. The summed E-state index contributed by atoms with van der Waals surface area (Å²) in [6.45, 7) is 12.2. The summed E-state index contributed by atoms with van der Waals surface area (Å²) in [7, 11) is 0. The van der Waals surface area contributed by atoms with Crippen LogP contribution in [0.2, 0.25) is 0 Å². The molecule has 0 radical (unpaired) electrons. The molecule has 0 aromatic rings. The zero-order valence-corrected chi connectivity index (χ0v) is 16.3. The highest BCUT2D eigenvalue weighted by Gasteiger charge is 2.06. The molecule has 0 N–H and O–H groups in total. The van der Waals surface area contributed by atoms with Gasteiger partial charge in [0.1, 0.15) is 0 Å². The van der Waals surface area contributed by atoms with Gasteiger partial charge in [-0.25, -0.2) is 0 Å². The van der Waals surface area contributed by atoms with Gasteiger partial charge in [-0.2, -0.15) is 0 Å². The van der Waals surface area contributed by atoms with Gasteiger partial charge in [-0.15, -0.1) is 13.2 Å². The third-order valence-electron chi connectivity index (χ3n) is 4.36. The predicted molar refractivity (Wildman–Crippen MR) is 107 cm³/mol. The van der Waals surface area contributed by atoms with Crippen molar-refractivity contribution in [2.75, 3.05) is 19.8 Å². The van der Waals surface area contributed by atoms with E-state index in [1.165, 1.54) is 64.2 Å². The number of hydrogen-bond acceptors (Lipinski definition) is 2. The summed E-state index contributed by atoms with van der Waals surface area (Å²) in [6.07, 6.45) is 20.4. The molecule has 0 rings (SSSR count). The lowest BCUT2D eigenvalue weighted by atomic mass is 10.1. The molecule has 0 bridgehead atoms. The van der Waals surface area contributed by atoms with Gasteiger partial charge in [-0.3, -0.25) is 0 Å². The summed E-state index contributed by atoms with van der Waals surface area (Å²) in [4.78, 5) is 0. The van der Waals surface area contributed by atoms with Crippen LogP contribution in [0.4, 0.5) is 0 Å². The van der Waals surface area contributed by atoms with Crippen molar-refractivity contribution in [3.63, 3.8) is 0 Å². The molecule has 24 heavy (non-hydrogen) atoms. The van der Waals surface area contributed by atoms with Crippen LogP contribution >= 0.6 is 0 Å². The predicted octanol–water partition coefficient (Wildman–Crippen LogP) is 6.85. The van der Waals surface area contributed by atoms with Crippen molar-refractivity contribution in [1.82, 2.24) is 0 Å². The largest absolute Gasteiger partial charge is 0.379 e. The smallest absolute Gasteiger partial charge is 0.0805 e. The van der Waals surface area contributed by atoms with Crippen molar-refractivity contribution in [2.45, 2.75) is 96.5 Å². The van der Waals surface area contributed by atoms with E-state index < -0.39 is 0 Å². The van der Waals surface area contributed by atoms with Crippen LogP contribution in [0.1, 0.15) is 90.4 Å².